The van der Waals surface area contributed by atoms with Crippen molar-refractivity contribution >= 4 is 23.6 Å². The van der Waals surface area contributed by atoms with E-state index in [1.807, 2.05) is 68.4 Å². The van der Waals surface area contributed by atoms with E-state index >= 15 is 0 Å². The number of hydrogen-bond acceptors (Lipinski definition) is 4. The Balaban J connectivity index is 1.97. The molecule has 0 bridgehead atoms. The van der Waals surface area contributed by atoms with Gasteiger partial charge in [0.2, 0.25) is 11.8 Å². The molecule has 30 heavy (non-hydrogen) atoms. The predicted molar refractivity (Wildman–Crippen MR) is 124 cm³/mol. The lowest BCUT2D eigenvalue weighted by atomic mass is 10.1. The predicted octanol–water partition coefficient (Wildman–Crippen LogP) is 3.91. The first-order valence-electron chi connectivity index (χ1n) is 10.2. The third-order valence-electron chi connectivity index (χ3n) is 4.74. The molecule has 2 rings (SSSR count). The smallest absolute Gasteiger partial charge is 0.242 e. The number of amides is 2. The van der Waals surface area contributed by atoms with Crippen molar-refractivity contribution in [3.8, 4) is 5.75 Å². The number of nitrogens with zero attached hydrogens (tertiary/aromatic N) is 1. The molecule has 0 aromatic heterocycles. The van der Waals surface area contributed by atoms with Crippen molar-refractivity contribution in [3.63, 3.8) is 0 Å². The molecular weight excluding hydrogens is 396 g/mol. The molecule has 2 aromatic rings. The van der Waals surface area contributed by atoms with Gasteiger partial charge in [-0.2, -0.15) is 0 Å². The maximum absolute atomic E-state index is 13.0. The summed E-state index contributed by atoms with van der Waals surface area (Å²) in [5.41, 5.74) is 2.28. The average Bonchev–Trinajstić information content (AvgIpc) is 2.74. The number of nitrogens with one attached hydrogen (secondary N) is 1. The highest BCUT2D eigenvalue weighted by molar-refractivity contribution is 7.99. The summed E-state index contributed by atoms with van der Waals surface area (Å²) in [4.78, 5) is 27.2. The maximum atomic E-state index is 13.0. The Morgan fingerprint density at radius 1 is 1.00 bits per heavy atom. The van der Waals surface area contributed by atoms with Gasteiger partial charge in [-0.15, -0.1) is 11.8 Å². The van der Waals surface area contributed by atoms with Crippen molar-refractivity contribution in [1.29, 1.82) is 0 Å². The maximum Gasteiger partial charge on any atom is 0.242 e. The van der Waals surface area contributed by atoms with Gasteiger partial charge in [-0.3, -0.25) is 9.59 Å². The Labute approximate surface area is 184 Å². The van der Waals surface area contributed by atoms with Crippen LogP contribution >= 0.6 is 11.8 Å². The molecule has 162 valence electrons. The summed E-state index contributed by atoms with van der Waals surface area (Å²) in [6, 6.07) is 17.4. The highest BCUT2D eigenvalue weighted by atomic mass is 32.2. The fourth-order valence-corrected chi connectivity index (χ4v) is 3.91. The lowest BCUT2D eigenvalue weighted by Gasteiger charge is -2.29. The number of hydrogen-bond donors (Lipinski definition) is 1. The highest BCUT2D eigenvalue weighted by Gasteiger charge is 2.25. The van der Waals surface area contributed by atoms with Crippen LogP contribution in [-0.2, 0) is 21.8 Å². The molecule has 0 spiro atoms. The molecule has 0 saturated heterocycles. The van der Waals surface area contributed by atoms with Crippen LogP contribution in [0.25, 0.3) is 0 Å². The zero-order valence-corrected chi connectivity index (χ0v) is 19.1. The van der Waals surface area contributed by atoms with Crippen LogP contribution in [0.15, 0.2) is 54.6 Å². The summed E-state index contributed by atoms with van der Waals surface area (Å²) in [7, 11) is 1.64. The molecule has 0 saturated carbocycles. The molecule has 0 aliphatic rings. The van der Waals surface area contributed by atoms with Gasteiger partial charge in [0.1, 0.15) is 11.8 Å². The number of benzene rings is 2. The molecule has 2 amide bonds. The monoisotopic (exact) mass is 428 g/mol. The molecule has 0 radical (unpaired) electrons. The normalized spacial score (nSPS) is 11.8. The van der Waals surface area contributed by atoms with Crippen LogP contribution in [0, 0.1) is 0 Å². The number of methoxy groups -OCH3 is 1. The van der Waals surface area contributed by atoms with Crippen molar-refractivity contribution in [3.05, 3.63) is 65.7 Å². The van der Waals surface area contributed by atoms with E-state index in [-0.39, 0.29) is 17.9 Å². The molecule has 2 aromatic carbocycles. The van der Waals surface area contributed by atoms with Gasteiger partial charge in [0, 0.05) is 18.3 Å². The molecule has 1 unspecified atom stereocenters. The minimum absolute atomic E-state index is 0.0177. The van der Waals surface area contributed by atoms with Crippen LogP contribution in [0.3, 0.4) is 0 Å². The number of carbonyl (C=O) groups excluding carboxylic acids is 2. The van der Waals surface area contributed by atoms with Crippen molar-refractivity contribution in [2.75, 3.05) is 19.4 Å². The van der Waals surface area contributed by atoms with Crippen LogP contribution in [-0.4, -0.2) is 48.2 Å². The molecule has 5 nitrogen and oxygen atoms in total. The molecule has 0 aliphatic carbocycles. The number of rotatable bonds is 11. The Morgan fingerprint density at radius 2 is 1.67 bits per heavy atom. The third kappa shape index (κ3) is 7.75. The van der Waals surface area contributed by atoms with Gasteiger partial charge in [-0.25, -0.2) is 0 Å². The molecule has 6 heteroatoms. The molecule has 1 N–H and O–H groups in total. The fourth-order valence-electron chi connectivity index (χ4n) is 3.04. The van der Waals surface area contributed by atoms with Gasteiger partial charge >= 0.3 is 0 Å². The van der Waals surface area contributed by atoms with Crippen LogP contribution in [0.5, 0.6) is 5.75 Å². The zero-order chi connectivity index (χ0) is 21.9. The van der Waals surface area contributed by atoms with E-state index in [4.69, 9.17) is 4.74 Å². The van der Waals surface area contributed by atoms with Crippen LogP contribution < -0.4 is 10.1 Å². The van der Waals surface area contributed by atoms with Gasteiger partial charge in [-0.1, -0.05) is 42.5 Å². The van der Waals surface area contributed by atoms with Gasteiger partial charge in [0.05, 0.1) is 12.9 Å². The first kappa shape index (κ1) is 23.8. The second-order valence-electron chi connectivity index (χ2n) is 7.50. The van der Waals surface area contributed by atoms with Crippen LogP contribution in [0.4, 0.5) is 0 Å². The summed E-state index contributed by atoms with van der Waals surface area (Å²) in [6.45, 7) is 6.16. The minimum atomic E-state index is -0.509. The quantitative estimate of drug-likeness (QED) is 0.589. The number of thioether (sulfide) groups is 1. The summed E-state index contributed by atoms with van der Waals surface area (Å²) < 4.78 is 5.18. The lowest BCUT2D eigenvalue weighted by Crippen LogP contribution is -2.50. The van der Waals surface area contributed by atoms with Gasteiger partial charge in [0.25, 0.3) is 0 Å². The third-order valence-corrected chi connectivity index (χ3v) is 5.72. The second-order valence-corrected chi connectivity index (χ2v) is 8.49. The molecule has 0 aliphatic heterocycles. The Morgan fingerprint density at radius 3 is 2.27 bits per heavy atom. The Bertz CT molecular complexity index is 794. The Kier molecular flexibility index (Phi) is 9.74. The lowest BCUT2D eigenvalue weighted by molar-refractivity contribution is -0.138. The van der Waals surface area contributed by atoms with Crippen molar-refractivity contribution in [2.45, 2.75) is 45.0 Å². The number of ether oxygens (including phenoxy) is 1. The fraction of sp³-hybridized carbons (Fsp3) is 0.417. The average molecular weight is 429 g/mol. The molecule has 0 heterocycles. The largest absolute Gasteiger partial charge is 0.497 e. The van der Waals surface area contributed by atoms with Crippen molar-refractivity contribution in [1.82, 2.24) is 10.2 Å². The van der Waals surface area contributed by atoms with E-state index < -0.39 is 6.04 Å². The van der Waals surface area contributed by atoms with Crippen molar-refractivity contribution < 1.29 is 14.3 Å². The zero-order valence-electron chi connectivity index (χ0n) is 18.3. The van der Waals surface area contributed by atoms with E-state index in [0.717, 1.165) is 29.1 Å². The Hall–Kier alpha value is -2.47. The molecule has 0 fully saturated rings. The number of carbonyl (C=O) groups is 2. The SMILES string of the molecule is COc1ccc(CSCC(=O)N(CCc2ccccc2)C(C)C(=O)NC(C)C)cc1. The van der Waals surface area contributed by atoms with E-state index in [1.165, 1.54) is 0 Å². The molecule has 1 atom stereocenters. The van der Waals surface area contributed by atoms with Gasteiger partial charge in [0.15, 0.2) is 0 Å². The van der Waals surface area contributed by atoms with E-state index in [0.29, 0.717) is 12.3 Å². The van der Waals surface area contributed by atoms with Gasteiger partial charge in [-0.05, 0) is 50.5 Å². The summed E-state index contributed by atoms with van der Waals surface area (Å²) in [6.07, 6.45) is 0.717. The van der Waals surface area contributed by atoms with E-state index in [9.17, 15) is 9.59 Å². The van der Waals surface area contributed by atoms with E-state index in [2.05, 4.69) is 5.32 Å². The first-order chi connectivity index (χ1) is 14.4. The summed E-state index contributed by atoms with van der Waals surface area (Å²) in [5, 5.41) is 2.92. The van der Waals surface area contributed by atoms with Crippen molar-refractivity contribution in [2.24, 2.45) is 0 Å². The van der Waals surface area contributed by atoms with Crippen LogP contribution in [0.1, 0.15) is 31.9 Å². The summed E-state index contributed by atoms with van der Waals surface area (Å²) in [5.74, 6) is 1.74. The van der Waals surface area contributed by atoms with Crippen LogP contribution in [0.2, 0.25) is 0 Å². The minimum Gasteiger partial charge on any atom is -0.497 e. The first-order valence-corrected chi connectivity index (χ1v) is 11.4. The topological polar surface area (TPSA) is 58.6 Å². The van der Waals surface area contributed by atoms with Gasteiger partial charge < -0.3 is 15.0 Å². The molecular formula is C24H32N2O3S. The highest BCUT2D eigenvalue weighted by Crippen LogP contribution is 2.17. The summed E-state index contributed by atoms with van der Waals surface area (Å²) >= 11 is 1.56. The second kappa shape index (κ2) is 12.3. The standard InChI is InChI=1S/C24H32N2O3S/c1-18(2)25-24(28)19(3)26(15-14-20-8-6-5-7-9-20)23(27)17-30-16-21-10-12-22(29-4)13-11-21/h5-13,18-19H,14-17H2,1-4H3,(H,25,28). The van der Waals surface area contributed by atoms with E-state index in [1.54, 1.807) is 30.7 Å².